The Bertz CT molecular complexity index is 404. The third-order valence-electron chi connectivity index (χ3n) is 2.28. The largest absolute Gasteiger partial charge is 0.573 e. The van der Waals surface area contributed by atoms with Crippen LogP contribution in [0.5, 0.6) is 5.75 Å². The Morgan fingerprint density at radius 1 is 1.21 bits per heavy atom. The Hall–Kier alpha value is -1.43. The van der Waals surface area contributed by atoms with Crippen molar-refractivity contribution in [3.05, 3.63) is 29.8 Å². The average Bonchev–Trinajstić information content (AvgIpc) is 2.25. The van der Waals surface area contributed by atoms with Crippen LogP contribution in [0, 0.1) is 0 Å². The van der Waals surface area contributed by atoms with Crippen LogP contribution in [0.4, 0.5) is 13.2 Å². The van der Waals surface area contributed by atoms with Crippen molar-refractivity contribution in [2.45, 2.75) is 19.2 Å². The molecule has 0 aliphatic rings. The van der Waals surface area contributed by atoms with Crippen LogP contribution < -0.4 is 4.74 Å². The number of hydrogen-bond donors (Lipinski definition) is 0. The lowest BCUT2D eigenvalue weighted by Gasteiger charge is -2.11. The molecule has 1 amide bonds. The second-order valence-corrected chi connectivity index (χ2v) is 3.98. The number of ether oxygens (including phenoxy) is 1. The van der Waals surface area contributed by atoms with Crippen LogP contribution in [0.3, 0.4) is 0 Å². The summed E-state index contributed by atoms with van der Waals surface area (Å²) in [4.78, 5) is 12.8. The van der Waals surface area contributed by atoms with Gasteiger partial charge in [0.15, 0.2) is 0 Å². The van der Waals surface area contributed by atoms with E-state index in [0.29, 0.717) is 12.8 Å². The summed E-state index contributed by atoms with van der Waals surface area (Å²) in [6.45, 7) is 0. The van der Waals surface area contributed by atoms with E-state index in [0.717, 1.165) is 5.56 Å². The van der Waals surface area contributed by atoms with Gasteiger partial charge in [-0.25, -0.2) is 0 Å². The molecule has 0 unspecified atom stereocenters. The number of hydrogen-bond acceptors (Lipinski definition) is 2. The SMILES string of the molecule is CN(C)C(=O)CCc1ccc(OC(F)(F)F)cc1.Cl. The zero-order chi connectivity index (χ0) is 13.8. The van der Waals surface area contributed by atoms with Gasteiger partial charge in [-0.3, -0.25) is 4.79 Å². The highest BCUT2D eigenvalue weighted by molar-refractivity contribution is 5.85. The van der Waals surface area contributed by atoms with Crippen LogP contribution >= 0.6 is 12.4 Å². The third-order valence-corrected chi connectivity index (χ3v) is 2.28. The van der Waals surface area contributed by atoms with Gasteiger partial charge < -0.3 is 9.64 Å². The van der Waals surface area contributed by atoms with Crippen molar-refractivity contribution in [1.29, 1.82) is 0 Å². The van der Waals surface area contributed by atoms with Gasteiger partial charge in [-0.05, 0) is 24.1 Å². The van der Waals surface area contributed by atoms with Gasteiger partial charge in [0.05, 0.1) is 0 Å². The van der Waals surface area contributed by atoms with Gasteiger partial charge in [-0.15, -0.1) is 25.6 Å². The summed E-state index contributed by atoms with van der Waals surface area (Å²) in [7, 11) is 3.31. The minimum absolute atomic E-state index is 0. The van der Waals surface area contributed by atoms with E-state index < -0.39 is 6.36 Å². The van der Waals surface area contributed by atoms with Gasteiger partial charge in [0.2, 0.25) is 5.91 Å². The minimum atomic E-state index is -4.68. The van der Waals surface area contributed by atoms with Crippen LogP contribution in [0.15, 0.2) is 24.3 Å². The molecule has 0 aromatic heterocycles. The monoisotopic (exact) mass is 297 g/mol. The van der Waals surface area contributed by atoms with E-state index in [-0.39, 0.29) is 24.1 Å². The molecule has 0 spiro atoms. The van der Waals surface area contributed by atoms with Crippen molar-refractivity contribution in [2.75, 3.05) is 14.1 Å². The fraction of sp³-hybridized carbons (Fsp3) is 0.417. The predicted molar refractivity (Wildman–Crippen MR) is 67.4 cm³/mol. The quantitative estimate of drug-likeness (QED) is 0.855. The molecule has 7 heteroatoms. The molecule has 0 N–H and O–H groups in total. The summed E-state index contributed by atoms with van der Waals surface area (Å²) < 4.78 is 39.5. The van der Waals surface area contributed by atoms with Crippen molar-refractivity contribution in [1.82, 2.24) is 4.90 Å². The van der Waals surface area contributed by atoms with Gasteiger partial charge in [0.25, 0.3) is 0 Å². The number of carbonyl (C=O) groups is 1. The van der Waals surface area contributed by atoms with Crippen LogP contribution in [0.1, 0.15) is 12.0 Å². The average molecular weight is 298 g/mol. The number of benzene rings is 1. The van der Waals surface area contributed by atoms with E-state index in [1.165, 1.54) is 29.2 Å². The Morgan fingerprint density at radius 2 is 1.74 bits per heavy atom. The molecular weight excluding hydrogens is 283 g/mol. The molecule has 19 heavy (non-hydrogen) atoms. The Kier molecular flexibility index (Phi) is 6.69. The van der Waals surface area contributed by atoms with Gasteiger partial charge in [-0.1, -0.05) is 12.1 Å². The fourth-order valence-electron chi connectivity index (χ4n) is 1.33. The number of aryl methyl sites for hydroxylation is 1. The molecule has 0 radical (unpaired) electrons. The molecular formula is C12H15ClF3NO2. The highest BCUT2D eigenvalue weighted by Crippen LogP contribution is 2.22. The number of nitrogens with zero attached hydrogens (tertiary/aromatic N) is 1. The van der Waals surface area contributed by atoms with E-state index in [1.807, 2.05) is 0 Å². The molecule has 0 saturated heterocycles. The standard InChI is InChI=1S/C12H14F3NO2.ClH/c1-16(2)11(17)8-5-9-3-6-10(7-4-9)18-12(13,14)15;/h3-4,6-7H,5,8H2,1-2H3;1H. The topological polar surface area (TPSA) is 29.5 Å². The lowest BCUT2D eigenvalue weighted by Crippen LogP contribution is -2.21. The third kappa shape index (κ3) is 6.91. The molecule has 1 aromatic rings. The Labute approximate surface area is 115 Å². The summed E-state index contributed by atoms with van der Waals surface area (Å²) in [6.07, 6.45) is -3.86. The molecule has 0 heterocycles. The molecule has 0 aliphatic heterocycles. The lowest BCUT2D eigenvalue weighted by atomic mass is 10.1. The maximum absolute atomic E-state index is 11.9. The molecule has 3 nitrogen and oxygen atoms in total. The number of amides is 1. The number of carbonyl (C=O) groups excluding carboxylic acids is 1. The van der Waals surface area contributed by atoms with Crippen molar-refractivity contribution in [3.63, 3.8) is 0 Å². The summed E-state index contributed by atoms with van der Waals surface area (Å²) >= 11 is 0. The van der Waals surface area contributed by atoms with E-state index in [4.69, 9.17) is 0 Å². The molecule has 1 rings (SSSR count). The highest BCUT2D eigenvalue weighted by Gasteiger charge is 2.30. The van der Waals surface area contributed by atoms with Crippen LogP contribution in [0.25, 0.3) is 0 Å². The van der Waals surface area contributed by atoms with Gasteiger partial charge in [0, 0.05) is 20.5 Å². The highest BCUT2D eigenvalue weighted by atomic mass is 35.5. The second kappa shape index (κ2) is 7.23. The normalized spacial score (nSPS) is 10.6. The zero-order valence-electron chi connectivity index (χ0n) is 10.5. The van der Waals surface area contributed by atoms with E-state index in [9.17, 15) is 18.0 Å². The summed E-state index contributed by atoms with van der Waals surface area (Å²) in [5.74, 6) is -0.282. The number of halogens is 4. The molecule has 108 valence electrons. The smallest absolute Gasteiger partial charge is 0.406 e. The zero-order valence-corrected chi connectivity index (χ0v) is 11.3. The summed E-state index contributed by atoms with van der Waals surface area (Å²) in [5.41, 5.74) is 0.791. The maximum atomic E-state index is 11.9. The first-order valence-electron chi connectivity index (χ1n) is 5.33. The lowest BCUT2D eigenvalue weighted by molar-refractivity contribution is -0.274. The van der Waals surface area contributed by atoms with Crippen molar-refractivity contribution in [2.24, 2.45) is 0 Å². The molecule has 0 atom stereocenters. The van der Waals surface area contributed by atoms with Gasteiger partial charge in [-0.2, -0.15) is 0 Å². The number of rotatable bonds is 4. The van der Waals surface area contributed by atoms with E-state index >= 15 is 0 Å². The van der Waals surface area contributed by atoms with Crippen molar-refractivity contribution < 1.29 is 22.7 Å². The molecule has 0 saturated carbocycles. The van der Waals surface area contributed by atoms with E-state index in [2.05, 4.69) is 4.74 Å². The Balaban J connectivity index is 0.00000324. The van der Waals surface area contributed by atoms with Crippen LogP contribution in [0.2, 0.25) is 0 Å². The first kappa shape index (κ1) is 17.6. The fourth-order valence-corrected chi connectivity index (χ4v) is 1.33. The molecule has 0 fully saturated rings. The van der Waals surface area contributed by atoms with Crippen LogP contribution in [-0.4, -0.2) is 31.3 Å². The summed E-state index contributed by atoms with van der Waals surface area (Å²) in [5, 5.41) is 0. The first-order chi connectivity index (χ1) is 8.28. The molecule has 0 aliphatic carbocycles. The predicted octanol–water partition coefficient (Wildman–Crippen LogP) is 3.03. The van der Waals surface area contributed by atoms with Gasteiger partial charge >= 0.3 is 6.36 Å². The Morgan fingerprint density at radius 3 is 2.16 bits per heavy atom. The summed E-state index contributed by atoms with van der Waals surface area (Å²) in [6, 6.07) is 5.51. The molecule has 1 aromatic carbocycles. The van der Waals surface area contributed by atoms with Crippen molar-refractivity contribution in [3.8, 4) is 5.75 Å². The maximum Gasteiger partial charge on any atom is 0.573 e. The second-order valence-electron chi connectivity index (χ2n) is 3.98. The van der Waals surface area contributed by atoms with Crippen LogP contribution in [-0.2, 0) is 11.2 Å². The molecule has 0 bridgehead atoms. The van der Waals surface area contributed by atoms with Crippen molar-refractivity contribution >= 4 is 18.3 Å². The first-order valence-corrected chi connectivity index (χ1v) is 5.33. The van der Waals surface area contributed by atoms with Gasteiger partial charge in [0.1, 0.15) is 5.75 Å². The number of alkyl halides is 3. The minimum Gasteiger partial charge on any atom is -0.406 e. The van der Waals surface area contributed by atoms with E-state index in [1.54, 1.807) is 14.1 Å².